The quantitative estimate of drug-likeness (QED) is 0.558. The molecule has 0 spiro atoms. The van der Waals surface area contributed by atoms with Gasteiger partial charge in [-0.15, -0.1) is 0 Å². The predicted molar refractivity (Wildman–Crippen MR) is 118 cm³/mol. The number of rotatable bonds is 10. The fourth-order valence-electron chi connectivity index (χ4n) is 3.24. The molecule has 1 amide bonds. The van der Waals surface area contributed by atoms with Crippen molar-refractivity contribution in [3.63, 3.8) is 0 Å². The van der Waals surface area contributed by atoms with Gasteiger partial charge in [0.05, 0.1) is 7.11 Å². The molecule has 0 aliphatic rings. The van der Waals surface area contributed by atoms with E-state index in [1.807, 2.05) is 60.7 Å². The Morgan fingerprint density at radius 3 is 2.31 bits per heavy atom. The number of nitrogens with one attached hydrogen (secondary N) is 1. The Morgan fingerprint density at radius 1 is 0.897 bits per heavy atom. The molecule has 1 N–H and O–H groups in total. The van der Waals surface area contributed by atoms with Crippen molar-refractivity contribution in [2.24, 2.45) is 0 Å². The normalized spacial score (nSPS) is 10.4. The maximum atomic E-state index is 12.4. The number of hydrogen-bond acceptors (Lipinski definition) is 3. The molecular formula is C25H28N2O2. The average molecular weight is 389 g/mol. The summed E-state index contributed by atoms with van der Waals surface area (Å²) in [6, 6.07) is 28.5. The lowest BCUT2D eigenvalue weighted by Crippen LogP contribution is -2.31. The Labute approximate surface area is 173 Å². The first-order chi connectivity index (χ1) is 14.2. The van der Waals surface area contributed by atoms with Crippen molar-refractivity contribution in [2.75, 3.05) is 25.1 Å². The second-order valence-corrected chi connectivity index (χ2v) is 6.94. The van der Waals surface area contributed by atoms with Gasteiger partial charge in [-0.2, -0.15) is 0 Å². The molecule has 3 aromatic rings. The van der Waals surface area contributed by atoms with E-state index in [0.717, 1.165) is 30.0 Å². The first-order valence-electron chi connectivity index (χ1n) is 9.98. The zero-order valence-corrected chi connectivity index (χ0v) is 16.9. The molecule has 29 heavy (non-hydrogen) atoms. The third-order valence-electron chi connectivity index (χ3n) is 4.82. The van der Waals surface area contributed by atoms with Crippen LogP contribution in [0.3, 0.4) is 0 Å². The van der Waals surface area contributed by atoms with Crippen molar-refractivity contribution < 1.29 is 9.53 Å². The Balaban J connectivity index is 1.51. The van der Waals surface area contributed by atoms with E-state index in [0.29, 0.717) is 19.5 Å². The van der Waals surface area contributed by atoms with Crippen LogP contribution >= 0.6 is 0 Å². The summed E-state index contributed by atoms with van der Waals surface area (Å²) < 4.78 is 5.25. The highest BCUT2D eigenvalue weighted by Crippen LogP contribution is 2.17. The Morgan fingerprint density at radius 2 is 1.59 bits per heavy atom. The number of benzene rings is 3. The molecule has 0 saturated heterocycles. The van der Waals surface area contributed by atoms with E-state index in [2.05, 4.69) is 34.5 Å². The van der Waals surface area contributed by atoms with Crippen LogP contribution in [0.15, 0.2) is 84.9 Å². The molecule has 0 atom stereocenters. The molecule has 0 aliphatic heterocycles. The first kappa shape index (κ1) is 20.5. The lowest BCUT2D eigenvalue weighted by atomic mass is 10.1. The highest BCUT2D eigenvalue weighted by Gasteiger charge is 2.10. The molecule has 0 bridgehead atoms. The van der Waals surface area contributed by atoms with Gasteiger partial charge in [0.1, 0.15) is 5.75 Å². The molecule has 150 valence electrons. The molecule has 0 aliphatic carbocycles. The summed E-state index contributed by atoms with van der Waals surface area (Å²) in [5, 5.41) is 3.03. The number of hydrogen-bond donors (Lipinski definition) is 1. The number of amides is 1. The number of para-hydroxylation sites is 1. The van der Waals surface area contributed by atoms with E-state index < -0.39 is 0 Å². The van der Waals surface area contributed by atoms with Gasteiger partial charge in [-0.25, -0.2) is 0 Å². The first-order valence-corrected chi connectivity index (χ1v) is 9.98. The molecule has 0 saturated carbocycles. The fraction of sp³-hybridized carbons (Fsp3) is 0.240. The molecule has 0 radical (unpaired) electrons. The van der Waals surface area contributed by atoms with Crippen LogP contribution in [0.1, 0.15) is 17.5 Å². The number of ether oxygens (including phenoxy) is 1. The summed E-state index contributed by atoms with van der Waals surface area (Å²) in [6.07, 6.45) is 1.25. The summed E-state index contributed by atoms with van der Waals surface area (Å²) in [5.74, 6) is 0.912. The van der Waals surface area contributed by atoms with E-state index in [-0.39, 0.29) is 5.91 Å². The monoisotopic (exact) mass is 388 g/mol. The molecule has 0 aromatic heterocycles. The molecule has 0 heterocycles. The van der Waals surface area contributed by atoms with Crippen LogP contribution in [0.2, 0.25) is 0 Å². The number of methoxy groups -OCH3 is 1. The Hall–Kier alpha value is -3.27. The minimum Gasteiger partial charge on any atom is -0.497 e. The minimum atomic E-state index is 0.0712. The van der Waals surface area contributed by atoms with Crippen LogP contribution in [-0.4, -0.2) is 26.1 Å². The van der Waals surface area contributed by atoms with E-state index in [1.54, 1.807) is 7.11 Å². The van der Waals surface area contributed by atoms with Gasteiger partial charge in [0, 0.05) is 31.7 Å². The average Bonchev–Trinajstić information content (AvgIpc) is 2.78. The molecular weight excluding hydrogens is 360 g/mol. The number of nitrogens with zero attached hydrogens (tertiary/aromatic N) is 1. The lowest BCUT2D eigenvalue weighted by molar-refractivity contribution is -0.120. The fourth-order valence-corrected chi connectivity index (χ4v) is 3.24. The van der Waals surface area contributed by atoms with E-state index >= 15 is 0 Å². The largest absolute Gasteiger partial charge is 0.497 e. The number of carbonyl (C=O) groups is 1. The highest BCUT2D eigenvalue weighted by atomic mass is 16.5. The van der Waals surface area contributed by atoms with Gasteiger partial charge in [-0.1, -0.05) is 60.7 Å². The zero-order chi connectivity index (χ0) is 20.3. The summed E-state index contributed by atoms with van der Waals surface area (Å²) >= 11 is 0. The Bertz CT molecular complexity index is 882. The third kappa shape index (κ3) is 6.68. The van der Waals surface area contributed by atoms with Gasteiger partial charge in [0.15, 0.2) is 0 Å². The summed E-state index contributed by atoms with van der Waals surface area (Å²) in [4.78, 5) is 14.6. The van der Waals surface area contributed by atoms with Crippen molar-refractivity contribution in [3.8, 4) is 5.75 Å². The summed E-state index contributed by atoms with van der Waals surface area (Å²) in [7, 11) is 1.66. The maximum Gasteiger partial charge on any atom is 0.221 e. The van der Waals surface area contributed by atoms with E-state index in [4.69, 9.17) is 4.74 Å². The van der Waals surface area contributed by atoms with Crippen molar-refractivity contribution >= 4 is 11.6 Å². The van der Waals surface area contributed by atoms with Gasteiger partial charge in [-0.3, -0.25) is 4.79 Å². The molecule has 4 heteroatoms. The third-order valence-corrected chi connectivity index (χ3v) is 4.82. The molecule has 0 unspecified atom stereocenters. The predicted octanol–water partition coefficient (Wildman–Crippen LogP) is 4.45. The standard InChI is InChI=1S/C25H28N2O2/c1-29-24-14-8-11-21(19-24)15-17-26-25(28)16-18-27(23-12-6-3-7-13-23)20-22-9-4-2-5-10-22/h2-14,19H,15-18,20H2,1H3,(H,26,28). The number of carbonyl (C=O) groups excluding carboxylic acids is 1. The van der Waals surface area contributed by atoms with E-state index in [1.165, 1.54) is 5.56 Å². The molecule has 3 rings (SSSR count). The van der Waals surface area contributed by atoms with Crippen LogP contribution in [0.25, 0.3) is 0 Å². The van der Waals surface area contributed by atoms with Gasteiger partial charge in [0.2, 0.25) is 5.91 Å². The lowest BCUT2D eigenvalue weighted by Gasteiger charge is -2.25. The number of anilines is 1. The van der Waals surface area contributed by atoms with Crippen molar-refractivity contribution in [1.82, 2.24) is 5.32 Å². The van der Waals surface area contributed by atoms with E-state index in [9.17, 15) is 4.79 Å². The van der Waals surface area contributed by atoms with Gasteiger partial charge < -0.3 is 15.0 Å². The van der Waals surface area contributed by atoms with Crippen LogP contribution < -0.4 is 15.0 Å². The van der Waals surface area contributed by atoms with Gasteiger partial charge in [0.25, 0.3) is 0 Å². The topological polar surface area (TPSA) is 41.6 Å². The Kier molecular flexibility index (Phi) is 7.70. The van der Waals surface area contributed by atoms with Crippen LogP contribution in [-0.2, 0) is 17.8 Å². The minimum absolute atomic E-state index is 0.0712. The maximum absolute atomic E-state index is 12.4. The van der Waals surface area contributed by atoms with Crippen molar-refractivity contribution in [2.45, 2.75) is 19.4 Å². The molecule has 0 fully saturated rings. The van der Waals surface area contributed by atoms with Crippen molar-refractivity contribution in [1.29, 1.82) is 0 Å². The molecule has 3 aromatic carbocycles. The van der Waals surface area contributed by atoms with Crippen LogP contribution in [0.5, 0.6) is 5.75 Å². The zero-order valence-electron chi connectivity index (χ0n) is 16.9. The smallest absolute Gasteiger partial charge is 0.221 e. The summed E-state index contributed by atoms with van der Waals surface area (Å²) in [6.45, 7) is 2.07. The second-order valence-electron chi connectivity index (χ2n) is 6.94. The van der Waals surface area contributed by atoms with Gasteiger partial charge in [-0.05, 0) is 41.8 Å². The second kappa shape index (κ2) is 10.9. The SMILES string of the molecule is COc1cccc(CCNC(=O)CCN(Cc2ccccc2)c2ccccc2)c1. The van der Waals surface area contributed by atoms with Crippen LogP contribution in [0, 0.1) is 0 Å². The van der Waals surface area contributed by atoms with Crippen LogP contribution in [0.4, 0.5) is 5.69 Å². The molecule has 4 nitrogen and oxygen atoms in total. The van der Waals surface area contributed by atoms with Gasteiger partial charge >= 0.3 is 0 Å². The summed E-state index contributed by atoms with van der Waals surface area (Å²) in [5.41, 5.74) is 3.51. The van der Waals surface area contributed by atoms with Crippen molar-refractivity contribution in [3.05, 3.63) is 96.1 Å². The highest BCUT2D eigenvalue weighted by molar-refractivity contribution is 5.76.